The molecule has 0 aromatic carbocycles. The molecule has 1 aliphatic heterocycles. The Morgan fingerprint density at radius 2 is 1.65 bits per heavy atom. The second kappa shape index (κ2) is 4.88. The van der Waals surface area contributed by atoms with Crippen molar-refractivity contribution in [1.82, 2.24) is 9.80 Å². The zero-order valence-corrected chi connectivity index (χ0v) is 11.2. The highest BCUT2D eigenvalue weighted by Crippen LogP contribution is 2.49. The van der Waals surface area contributed by atoms with Crippen LogP contribution in [-0.4, -0.2) is 53.5 Å². The number of amides is 2. The molecule has 96 valence electrons. The van der Waals surface area contributed by atoms with Crippen LogP contribution in [0.5, 0.6) is 0 Å². The Morgan fingerprint density at radius 3 is 2.06 bits per heavy atom. The summed E-state index contributed by atoms with van der Waals surface area (Å²) >= 11 is 4.32. The topological polar surface area (TPSA) is 40.6 Å². The number of rotatable bonds is 3. The van der Waals surface area contributed by atoms with Crippen LogP contribution in [0.25, 0.3) is 0 Å². The number of hydrogen-bond acceptors (Lipinski definition) is 3. The molecule has 0 aromatic heterocycles. The van der Waals surface area contributed by atoms with Gasteiger partial charge in [-0.05, 0) is 24.0 Å². The summed E-state index contributed by atoms with van der Waals surface area (Å²) in [6, 6.07) is 0. The number of carbonyl (C=O) groups is 2. The molecule has 17 heavy (non-hydrogen) atoms. The molecule has 2 aliphatic rings. The lowest BCUT2D eigenvalue weighted by molar-refractivity contribution is -0.139. The first-order chi connectivity index (χ1) is 8.06. The van der Waals surface area contributed by atoms with E-state index in [4.69, 9.17) is 0 Å². The van der Waals surface area contributed by atoms with Gasteiger partial charge in [-0.2, -0.15) is 12.6 Å². The highest BCUT2D eigenvalue weighted by atomic mass is 32.1. The molecule has 4 nitrogen and oxygen atoms in total. The Morgan fingerprint density at radius 1 is 1.12 bits per heavy atom. The summed E-state index contributed by atoms with van der Waals surface area (Å²) in [5, 5.41) is 0. The fraction of sp³-hybridized carbons (Fsp3) is 0.833. The van der Waals surface area contributed by atoms with Crippen molar-refractivity contribution < 1.29 is 9.59 Å². The number of piperazine rings is 1. The average molecular weight is 256 g/mol. The Hall–Kier alpha value is -0.710. The second-order valence-electron chi connectivity index (χ2n) is 5.22. The van der Waals surface area contributed by atoms with Gasteiger partial charge in [-0.15, -0.1) is 0 Å². The standard InChI is InChI=1S/C12H20N2O2S/c1-10(15)13-4-6-14(7-5-13)11(16)8-12(9-17)2-3-12/h17H,2-9H2,1H3. The number of carbonyl (C=O) groups excluding carboxylic acids is 2. The summed E-state index contributed by atoms with van der Waals surface area (Å²) < 4.78 is 0. The van der Waals surface area contributed by atoms with Gasteiger partial charge in [0.15, 0.2) is 0 Å². The zero-order chi connectivity index (χ0) is 12.5. The molecule has 0 unspecified atom stereocenters. The van der Waals surface area contributed by atoms with Crippen LogP contribution >= 0.6 is 12.6 Å². The Kier molecular flexibility index (Phi) is 3.66. The van der Waals surface area contributed by atoms with E-state index in [1.165, 1.54) is 0 Å². The molecule has 0 spiro atoms. The van der Waals surface area contributed by atoms with Gasteiger partial charge in [0, 0.05) is 39.5 Å². The second-order valence-corrected chi connectivity index (χ2v) is 5.54. The summed E-state index contributed by atoms with van der Waals surface area (Å²) in [6.07, 6.45) is 2.90. The van der Waals surface area contributed by atoms with Crippen molar-refractivity contribution in [2.75, 3.05) is 31.9 Å². The van der Waals surface area contributed by atoms with Gasteiger partial charge in [-0.25, -0.2) is 0 Å². The van der Waals surface area contributed by atoms with Crippen molar-refractivity contribution in [2.45, 2.75) is 26.2 Å². The Balaban J connectivity index is 1.80. The van der Waals surface area contributed by atoms with Gasteiger partial charge in [0.25, 0.3) is 0 Å². The number of hydrogen-bond donors (Lipinski definition) is 1. The summed E-state index contributed by atoms with van der Waals surface area (Å²) in [6.45, 7) is 4.30. The van der Waals surface area contributed by atoms with Crippen LogP contribution in [-0.2, 0) is 9.59 Å². The molecule has 0 radical (unpaired) electrons. The molecule has 0 atom stereocenters. The van der Waals surface area contributed by atoms with Gasteiger partial charge in [0.05, 0.1) is 0 Å². The van der Waals surface area contributed by atoms with E-state index in [1.54, 1.807) is 11.8 Å². The first-order valence-electron chi connectivity index (χ1n) is 6.20. The molecule has 0 N–H and O–H groups in total. The first-order valence-corrected chi connectivity index (χ1v) is 6.84. The minimum Gasteiger partial charge on any atom is -0.339 e. The maximum atomic E-state index is 12.1. The van der Waals surface area contributed by atoms with Gasteiger partial charge in [-0.1, -0.05) is 0 Å². The van der Waals surface area contributed by atoms with E-state index >= 15 is 0 Å². The molecule has 5 heteroatoms. The van der Waals surface area contributed by atoms with Gasteiger partial charge in [-0.3, -0.25) is 9.59 Å². The predicted molar refractivity (Wildman–Crippen MR) is 69.0 cm³/mol. The third-order valence-corrected chi connectivity index (χ3v) is 4.57. The van der Waals surface area contributed by atoms with Crippen molar-refractivity contribution in [3.05, 3.63) is 0 Å². The lowest BCUT2D eigenvalue weighted by atomic mass is 10.0. The number of thiol groups is 1. The van der Waals surface area contributed by atoms with Crippen molar-refractivity contribution in [3.63, 3.8) is 0 Å². The fourth-order valence-electron chi connectivity index (χ4n) is 2.27. The average Bonchev–Trinajstić information content (AvgIpc) is 3.09. The van der Waals surface area contributed by atoms with Crippen LogP contribution in [0.15, 0.2) is 0 Å². The summed E-state index contributed by atoms with van der Waals surface area (Å²) in [4.78, 5) is 26.9. The fourth-order valence-corrected chi connectivity index (χ4v) is 2.70. The molecular weight excluding hydrogens is 236 g/mol. The molecule has 0 aromatic rings. The smallest absolute Gasteiger partial charge is 0.223 e. The molecule has 0 bridgehead atoms. The predicted octanol–water partition coefficient (Wildman–Crippen LogP) is 0.777. The SMILES string of the molecule is CC(=O)N1CCN(C(=O)CC2(CS)CC2)CC1. The van der Waals surface area contributed by atoms with E-state index < -0.39 is 0 Å². The van der Waals surface area contributed by atoms with E-state index in [9.17, 15) is 9.59 Å². The van der Waals surface area contributed by atoms with Gasteiger partial charge < -0.3 is 9.80 Å². The van der Waals surface area contributed by atoms with Gasteiger partial charge in [0.2, 0.25) is 11.8 Å². The van der Waals surface area contributed by atoms with Crippen molar-refractivity contribution in [1.29, 1.82) is 0 Å². The maximum Gasteiger partial charge on any atom is 0.223 e. The third kappa shape index (κ3) is 2.94. The monoisotopic (exact) mass is 256 g/mol. The lowest BCUT2D eigenvalue weighted by Crippen LogP contribution is -2.50. The Bertz CT molecular complexity index is 320. The van der Waals surface area contributed by atoms with Crippen molar-refractivity contribution in [2.24, 2.45) is 5.41 Å². The highest BCUT2D eigenvalue weighted by Gasteiger charge is 2.43. The minimum atomic E-state index is 0.103. The minimum absolute atomic E-state index is 0.103. The summed E-state index contributed by atoms with van der Waals surface area (Å²) in [7, 11) is 0. The van der Waals surface area contributed by atoms with Crippen LogP contribution in [0.2, 0.25) is 0 Å². The van der Waals surface area contributed by atoms with Crippen LogP contribution in [0.3, 0.4) is 0 Å². The zero-order valence-electron chi connectivity index (χ0n) is 10.3. The molecule has 1 heterocycles. The molecule has 1 saturated heterocycles. The van der Waals surface area contributed by atoms with E-state index in [2.05, 4.69) is 12.6 Å². The van der Waals surface area contributed by atoms with E-state index in [0.29, 0.717) is 32.6 Å². The van der Waals surface area contributed by atoms with Crippen molar-refractivity contribution >= 4 is 24.4 Å². The molecule has 1 aliphatic carbocycles. The van der Waals surface area contributed by atoms with E-state index in [1.807, 2.05) is 4.90 Å². The molecule has 2 fully saturated rings. The van der Waals surface area contributed by atoms with E-state index in [-0.39, 0.29) is 17.2 Å². The molecule has 2 rings (SSSR count). The molecule has 1 saturated carbocycles. The maximum absolute atomic E-state index is 12.1. The van der Waals surface area contributed by atoms with Crippen LogP contribution in [0.1, 0.15) is 26.2 Å². The quantitative estimate of drug-likeness (QED) is 0.758. The Labute approximate surface area is 108 Å². The lowest BCUT2D eigenvalue weighted by Gasteiger charge is -2.34. The molecular formula is C12H20N2O2S. The molecule has 2 amide bonds. The van der Waals surface area contributed by atoms with Crippen molar-refractivity contribution in [3.8, 4) is 0 Å². The van der Waals surface area contributed by atoms with Gasteiger partial charge in [0.1, 0.15) is 0 Å². The largest absolute Gasteiger partial charge is 0.339 e. The van der Waals surface area contributed by atoms with Crippen LogP contribution in [0.4, 0.5) is 0 Å². The normalized spacial score (nSPS) is 22.5. The third-order valence-electron chi connectivity index (χ3n) is 3.90. The van der Waals surface area contributed by atoms with Crippen LogP contribution in [0, 0.1) is 5.41 Å². The number of nitrogens with zero attached hydrogens (tertiary/aromatic N) is 2. The first kappa shape index (κ1) is 12.7. The van der Waals surface area contributed by atoms with E-state index in [0.717, 1.165) is 18.6 Å². The summed E-state index contributed by atoms with van der Waals surface area (Å²) in [5.74, 6) is 1.15. The summed E-state index contributed by atoms with van der Waals surface area (Å²) in [5.41, 5.74) is 0.192. The highest BCUT2D eigenvalue weighted by molar-refractivity contribution is 7.80. The van der Waals surface area contributed by atoms with Gasteiger partial charge >= 0.3 is 0 Å². The van der Waals surface area contributed by atoms with Crippen LogP contribution < -0.4 is 0 Å².